The van der Waals surface area contributed by atoms with Gasteiger partial charge >= 0.3 is 0 Å². The van der Waals surface area contributed by atoms with Gasteiger partial charge in [0.15, 0.2) is 0 Å². The van der Waals surface area contributed by atoms with Crippen LogP contribution < -0.4 is 9.47 Å². The van der Waals surface area contributed by atoms with E-state index in [9.17, 15) is 0 Å². The molecule has 46 heavy (non-hydrogen) atoms. The van der Waals surface area contributed by atoms with E-state index in [0.29, 0.717) is 16.7 Å². The van der Waals surface area contributed by atoms with Crippen LogP contribution in [0, 0.1) is 13.8 Å². The highest BCUT2D eigenvalue weighted by atomic mass is 32.1. The molecule has 0 bridgehead atoms. The molecule has 0 aliphatic heterocycles. The molecule has 8 heteroatoms. The maximum Gasteiger partial charge on any atom is 0.281 e. The fourth-order valence-corrected chi connectivity index (χ4v) is 7.93. The van der Waals surface area contributed by atoms with Crippen LogP contribution in [0.3, 0.4) is 0 Å². The number of hydrogen-bond acceptors (Lipinski definition) is 4. The van der Waals surface area contributed by atoms with Gasteiger partial charge in [0.25, 0.3) is 11.8 Å². The fraction of sp³-hybridized carbons (Fsp3) is 0.211. The number of thiol groups is 1. The summed E-state index contributed by atoms with van der Waals surface area (Å²) in [6.07, 6.45) is -1.60. The van der Waals surface area contributed by atoms with E-state index < -0.39 is 29.4 Å². The minimum atomic E-state index is -3.77. The van der Waals surface area contributed by atoms with Crippen LogP contribution in [-0.4, -0.2) is 26.1 Å². The summed E-state index contributed by atoms with van der Waals surface area (Å²) in [6.45, 7) is 5.25. The molecule has 0 amide bonds. The normalized spacial score (nSPS) is 16.1. The zero-order chi connectivity index (χ0) is 33.0. The number of thiophene rings is 1. The second-order valence-electron chi connectivity index (χ2n) is 11.6. The number of halogens is 4. The Balaban J connectivity index is 1.46. The molecule has 5 aromatic rings. The first-order valence-corrected chi connectivity index (χ1v) is 16.0. The van der Waals surface area contributed by atoms with Crippen molar-refractivity contribution >= 4 is 45.2 Å². The minimum Gasteiger partial charge on any atom is -0.497 e. The molecule has 0 fully saturated rings. The van der Waals surface area contributed by atoms with Gasteiger partial charge in [0.05, 0.1) is 20.6 Å². The average Bonchev–Trinajstić information content (AvgIpc) is 3.46. The predicted octanol–water partition coefficient (Wildman–Crippen LogP) is 11.7. The van der Waals surface area contributed by atoms with E-state index in [1.165, 1.54) is 0 Å². The van der Waals surface area contributed by atoms with E-state index in [1.807, 2.05) is 91.9 Å². The molecule has 0 radical (unpaired) electrons. The molecule has 0 spiro atoms. The summed E-state index contributed by atoms with van der Waals surface area (Å²) in [7, 11) is 3.20. The second-order valence-corrected chi connectivity index (χ2v) is 13.1. The van der Waals surface area contributed by atoms with Gasteiger partial charge in [0.1, 0.15) is 11.5 Å². The molecular formula is C38H32F4O2S2. The quantitative estimate of drug-likeness (QED) is 0.138. The van der Waals surface area contributed by atoms with E-state index in [4.69, 9.17) is 9.47 Å². The van der Waals surface area contributed by atoms with Crippen molar-refractivity contribution in [2.75, 3.05) is 14.2 Å². The number of aryl methyl sites for hydroxylation is 2. The molecule has 6 rings (SSSR count). The van der Waals surface area contributed by atoms with E-state index in [1.54, 1.807) is 28.1 Å². The van der Waals surface area contributed by atoms with Crippen molar-refractivity contribution in [2.24, 2.45) is 0 Å². The topological polar surface area (TPSA) is 18.5 Å². The van der Waals surface area contributed by atoms with Crippen molar-refractivity contribution in [3.05, 3.63) is 117 Å². The van der Waals surface area contributed by atoms with Crippen LogP contribution in [0.1, 0.15) is 34.9 Å². The Morgan fingerprint density at radius 3 is 1.78 bits per heavy atom. The van der Waals surface area contributed by atoms with Crippen LogP contribution in [0.5, 0.6) is 11.5 Å². The molecule has 0 atom stereocenters. The van der Waals surface area contributed by atoms with E-state index in [2.05, 4.69) is 12.6 Å². The van der Waals surface area contributed by atoms with Crippen molar-refractivity contribution in [1.82, 2.24) is 0 Å². The Labute approximate surface area is 275 Å². The molecule has 0 saturated carbocycles. The van der Waals surface area contributed by atoms with Gasteiger partial charge in [-0.2, -0.15) is 0 Å². The molecule has 0 saturated heterocycles. The average molecular weight is 661 g/mol. The van der Waals surface area contributed by atoms with Gasteiger partial charge in [-0.25, -0.2) is 17.6 Å². The number of rotatable bonds is 7. The lowest BCUT2D eigenvalue weighted by molar-refractivity contribution is -0.0351. The minimum absolute atomic E-state index is 0.131. The highest BCUT2D eigenvalue weighted by Crippen LogP contribution is 2.59. The third kappa shape index (κ3) is 5.62. The summed E-state index contributed by atoms with van der Waals surface area (Å²) in [5, 5.41) is 0.751. The molecule has 0 unspecified atom stereocenters. The molecule has 1 aliphatic rings. The van der Waals surface area contributed by atoms with E-state index in [-0.39, 0.29) is 9.78 Å². The summed E-state index contributed by atoms with van der Waals surface area (Å²) >= 11 is 5.68. The molecular weight excluding hydrogens is 629 g/mol. The molecule has 4 aromatic carbocycles. The summed E-state index contributed by atoms with van der Waals surface area (Å²) in [4.78, 5) is 0.0261. The van der Waals surface area contributed by atoms with Gasteiger partial charge in [-0.05, 0) is 101 Å². The number of alkyl halides is 4. The highest BCUT2D eigenvalue weighted by molar-refractivity contribution is 7.85. The summed E-state index contributed by atoms with van der Waals surface area (Å²) < 4.78 is 74.2. The van der Waals surface area contributed by atoms with Crippen molar-refractivity contribution in [1.29, 1.82) is 0 Å². The monoisotopic (exact) mass is 660 g/mol. The van der Waals surface area contributed by atoms with Crippen molar-refractivity contribution in [2.45, 2.75) is 39.0 Å². The zero-order valence-corrected chi connectivity index (χ0v) is 27.7. The molecule has 0 N–H and O–H groups in total. The van der Waals surface area contributed by atoms with Gasteiger partial charge in [0.2, 0.25) is 0 Å². The van der Waals surface area contributed by atoms with Crippen LogP contribution in [0.25, 0.3) is 43.5 Å². The third-order valence-electron chi connectivity index (χ3n) is 8.66. The maximum atomic E-state index is 15.8. The van der Waals surface area contributed by atoms with Gasteiger partial charge in [-0.15, -0.1) is 24.0 Å². The number of ether oxygens (including phenoxy) is 2. The summed E-state index contributed by atoms with van der Waals surface area (Å²) in [5.74, 6) is -6.06. The predicted molar refractivity (Wildman–Crippen MR) is 185 cm³/mol. The summed E-state index contributed by atoms with van der Waals surface area (Å²) in [5.41, 5.74) is 4.81. The fourth-order valence-electron chi connectivity index (χ4n) is 6.18. The van der Waals surface area contributed by atoms with Gasteiger partial charge in [-0.3, -0.25) is 0 Å². The standard InChI is InChI=1S/C38H32F4O2S2/c1-21-18-26(24-6-12-28(43-4)13-7-24)10-16-30(21)22(2)35(45)33-34(38(41,42)20-37(33,39)40)36-23(3)31-17-11-27(19-32(31)46-36)25-8-14-29(44-5)15-9-25/h6-19,45H,20H2,1-5H3/b35-22-. The SMILES string of the molecule is COc1ccc(-c2ccc(/C(C)=C(\S)C3=C(c4sc5cc(-c6ccc(OC)cc6)ccc5c4C)C(F)(F)CC3(F)F)c(C)c2)cc1. The molecule has 2 nitrogen and oxygen atoms in total. The Bertz CT molecular complexity index is 2020. The van der Waals surface area contributed by atoms with Crippen LogP contribution in [0.15, 0.2) is 95.4 Å². The van der Waals surface area contributed by atoms with Gasteiger partial charge < -0.3 is 9.47 Å². The van der Waals surface area contributed by atoms with Crippen molar-refractivity contribution in [3.8, 4) is 33.8 Å². The lowest BCUT2D eigenvalue weighted by atomic mass is 9.93. The zero-order valence-electron chi connectivity index (χ0n) is 26.0. The largest absolute Gasteiger partial charge is 0.497 e. The second kappa shape index (κ2) is 12.0. The molecule has 1 heterocycles. The van der Waals surface area contributed by atoms with Crippen molar-refractivity contribution < 1.29 is 27.0 Å². The number of benzene rings is 4. The van der Waals surface area contributed by atoms with E-state index in [0.717, 1.165) is 60.7 Å². The molecule has 1 aliphatic carbocycles. The smallest absolute Gasteiger partial charge is 0.281 e. The number of fused-ring (bicyclic) bond motifs is 1. The molecule has 1 aromatic heterocycles. The lowest BCUT2D eigenvalue weighted by Crippen LogP contribution is -2.21. The van der Waals surface area contributed by atoms with Crippen LogP contribution in [-0.2, 0) is 0 Å². The number of allylic oxidation sites excluding steroid dienone is 3. The Hall–Kier alpha value is -4.01. The third-order valence-corrected chi connectivity index (χ3v) is 10.5. The lowest BCUT2D eigenvalue weighted by Gasteiger charge is -2.18. The Kier molecular flexibility index (Phi) is 8.32. The molecule has 236 valence electrons. The summed E-state index contributed by atoms with van der Waals surface area (Å²) in [6, 6.07) is 26.5. The van der Waals surface area contributed by atoms with Gasteiger partial charge in [-0.1, -0.05) is 54.6 Å². The van der Waals surface area contributed by atoms with Gasteiger partial charge in [0, 0.05) is 25.6 Å². The Morgan fingerprint density at radius 2 is 1.24 bits per heavy atom. The van der Waals surface area contributed by atoms with E-state index >= 15 is 17.6 Å². The van der Waals surface area contributed by atoms with Crippen LogP contribution in [0.4, 0.5) is 17.6 Å². The first-order chi connectivity index (χ1) is 21.8. The maximum absolute atomic E-state index is 15.8. The number of hydrogen-bond donors (Lipinski definition) is 1. The van der Waals surface area contributed by atoms with Crippen LogP contribution in [0.2, 0.25) is 0 Å². The highest BCUT2D eigenvalue weighted by Gasteiger charge is 2.59. The van der Waals surface area contributed by atoms with Crippen LogP contribution >= 0.6 is 24.0 Å². The first-order valence-electron chi connectivity index (χ1n) is 14.7. The Morgan fingerprint density at radius 1 is 0.717 bits per heavy atom. The number of methoxy groups -OCH3 is 2. The van der Waals surface area contributed by atoms with Crippen molar-refractivity contribution in [3.63, 3.8) is 0 Å². The first kappa shape index (κ1) is 32.0.